The standard InChI is InChI=1S/C15H22BNO3/c1-11-9-17-7-6-12(11)8-13(10-18)16-19-14(2,3)15(4,5)20-16/h6-9,18H,10H2,1-5H3. The Kier molecular flexibility index (Phi) is 4.05. The van der Waals surface area contributed by atoms with Gasteiger partial charge in [0, 0.05) is 12.4 Å². The van der Waals surface area contributed by atoms with Crippen molar-refractivity contribution >= 4 is 13.2 Å². The quantitative estimate of drug-likeness (QED) is 0.860. The first-order valence-electron chi connectivity index (χ1n) is 6.84. The van der Waals surface area contributed by atoms with Crippen molar-refractivity contribution in [3.63, 3.8) is 0 Å². The summed E-state index contributed by atoms with van der Waals surface area (Å²) >= 11 is 0. The molecular formula is C15H22BNO3. The summed E-state index contributed by atoms with van der Waals surface area (Å²) in [5.41, 5.74) is 1.98. The topological polar surface area (TPSA) is 51.6 Å². The highest BCUT2D eigenvalue weighted by Crippen LogP contribution is 2.38. The average Bonchev–Trinajstić information content (AvgIpc) is 2.57. The summed E-state index contributed by atoms with van der Waals surface area (Å²) in [7, 11) is -0.516. The van der Waals surface area contributed by atoms with E-state index in [1.165, 1.54) is 0 Å². The lowest BCUT2D eigenvalue weighted by atomic mass is 9.77. The van der Waals surface area contributed by atoms with E-state index in [0.29, 0.717) is 0 Å². The van der Waals surface area contributed by atoms with Gasteiger partial charge in [-0.3, -0.25) is 4.98 Å². The van der Waals surface area contributed by atoms with Gasteiger partial charge in [0.25, 0.3) is 0 Å². The van der Waals surface area contributed by atoms with E-state index in [4.69, 9.17) is 9.31 Å². The highest BCUT2D eigenvalue weighted by Gasteiger charge is 2.52. The molecule has 0 spiro atoms. The molecule has 1 aliphatic rings. The molecule has 5 heteroatoms. The Balaban J connectivity index is 2.29. The highest BCUT2D eigenvalue weighted by molar-refractivity contribution is 6.55. The van der Waals surface area contributed by atoms with Crippen LogP contribution in [-0.4, -0.2) is 35.0 Å². The molecule has 0 bridgehead atoms. The molecule has 0 atom stereocenters. The fourth-order valence-electron chi connectivity index (χ4n) is 2.03. The van der Waals surface area contributed by atoms with Gasteiger partial charge in [0.2, 0.25) is 0 Å². The predicted octanol–water partition coefficient (Wildman–Crippen LogP) is 2.40. The van der Waals surface area contributed by atoms with Crippen LogP contribution in [-0.2, 0) is 9.31 Å². The van der Waals surface area contributed by atoms with Gasteiger partial charge >= 0.3 is 7.12 Å². The number of aryl methyl sites for hydroxylation is 1. The molecule has 4 nitrogen and oxygen atoms in total. The molecule has 1 N–H and O–H groups in total. The number of hydrogen-bond donors (Lipinski definition) is 1. The van der Waals surface area contributed by atoms with Crippen LogP contribution in [0.15, 0.2) is 23.9 Å². The molecule has 1 saturated heterocycles. The zero-order valence-corrected chi connectivity index (χ0v) is 12.8. The first-order valence-corrected chi connectivity index (χ1v) is 6.84. The Labute approximate surface area is 121 Å². The van der Waals surface area contributed by atoms with Gasteiger partial charge in [-0.15, -0.1) is 0 Å². The maximum Gasteiger partial charge on any atom is 0.492 e. The van der Waals surface area contributed by atoms with Gasteiger partial charge < -0.3 is 14.4 Å². The minimum Gasteiger partial charge on any atom is -0.400 e. The Morgan fingerprint density at radius 3 is 2.40 bits per heavy atom. The summed E-state index contributed by atoms with van der Waals surface area (Å²) in [6.45, 7) is 9.88. The first kappa shape index (κ1) is 15.2. The monoisotopic (exact) mass is 275 g/mol. The van der Waals surface area contributed by atoms with Gasteiger partial charge in [-0.2, -0.15) is 0 Å². The molecule has 0 radical (unpaired) electrons. The second kappa shape index (κ2) is 5.32. The van der Waals surface area contributed by atoms with Crippen LogP contribution in [0.2, 0.25) is 0 Å². The van der Waals surface area contributed by atoms with Gasteiger partial charge in [-0.05, 0) is 57.3 Å². The third kappa shape index (κ3) is 2.80. The molecule has 0 unspecified atom stereocenters. The Morgan fingerprint density at radius 2 is 1.90 bits per heavy atom. The summed E-state index contributed by atoms with van der Waals surface area (Å²) in [5.74, 6) is 0. The lowest BCUT2D eigenvalue weighted by molar-refractivity contribution is 0.00578. The number of hydrogen-bond acceptors (Lipinski definition) is 4. The summed E-state index contributed by atoms with van der Waals surface area (Å²) < 4.78 is 11.9. The van der Waals surface area contributed by atoms with Crippen molar-refractivity contribution in [3.05, 3.63) is 35.1 Å². The molecule has 108 valence electrons. The number of nitrogens with zero attached hydrogens (tertiary/aromatic N) is 1. The number of aliphatic hydroxyl groups excluding tert-OH is 1. The van der Waals surface area contributed by atoms with Gasteiger partial charge in [-0.1, -0.05) is 6.08 Å². The summed E-state index contributed by atoms with van der Waals surface area (Å²) in [5, 5.41) is 9.64. The largest absolute Gasteiger partial charge is 0.492 e. The van der Waals surface area contributed by atoms with Crippen LogP contribution in [0.3, 0.4) is 0 Å². The maximum atomic E-state index is 9.64. The van der Waals surface area contributed by atoms with Crippen molar-refractivity contribution < 1.29 is 14.4 Å². The van der Waals surface area contributed by atoms with Gasteiger partial charge in [0.05, 0.1) is 17.8 Å². The lowest BCUT2D eigenvalue weighted by Gasteiger charge is -2.32. The maximum absolute atomic E-state index is 9.64. The molecule has 1 aromatic heterocycles. The molecular weight excluding hydrogens is 253 g/mol. The van der Waals surface area contributed by atoms with E-state index >= 15 is 0 Å². The number of aliphatic hydroxyl groups is 1. The zero-order valence-electron chi connectivity index (χ0n) is 12.8. The van der Waals surface area contributed by atoms with Crippen molar-refractivity contribution in [1.29, 1.82) is 0 Å². The SMILES string of the molecule is Cc1cnccc1C=C(CO)B1OC(C)(C)C(C)(C)O1. The molecule has 1 aliphatic heterocycles. The van der Waals surface area contributed by atoms with Crippen LogP contribution in [0.5, 0.6) is 0 Å². The molecule has 2 rings (SSSR count). The second-order valence-electron chi connectivity index (χ2n) is 6.20. The van der Waals surface area contributed by atoms with Crippen LogP contribution in [0.4, 0.5) is 0 Å². The molecule has 1 aromatic rings. The lowest BCUT2D eigenvalue weighted by Crippen LogP contribution is -2.41. The minimum atomic E-state index is -0.516. The van der Waals surface area contributed by atoms with Gasteiger partial charge in [0.1, 0.15) is 0 Å². The summed E-state index contributed by atoms with van der Waals surface area (Å²) in [6.07, 6.45) is 5.45. The molecule has 0 aliphatic carbocycles. The molecule has 1 fully saturated rings. The zero-order chi connectivity index (χ0) is 15.0. The van der Waals surface area contributed by atoms with E-state index in [1.807, 2.05) is 46.8 Å². The number of aromatic nitrogens is 1. The first-order chi connectivity index (χ1) is 9.27. The normalized spacial score (nSPS) is 21.3. The van der Waals surface area contributed by atoms with E-state index in [1.54, 1.807) is 12.4 Å². The Morgan fingerprint density at radius 1 is 1.30 bits per heavy atom. The molecule has 0 saturated carbocycles. The summed E-state index contributed by atoms with van der Waals surface area (Å²) in [4.78, 5) is 4.07. The number of pyridine rings is 1. The smallest absolute Gasteiger partial charge is 0.400 e. The van der Waals surface area contributed by atoms with Crippen molar-refractivity contribution in [2.24, 2.45) is 0 Å². The van der Waals surface area contributed by atoms with Crippen LogP contribution in [0.25, 0.3) is 6.08 Å². The Hall–Kier alpha value is -1.17. The molecule has 0 amide bonds. The van der Waals surface area contributed by atoms with Crippen LogP contribution in [0.1, 0.15) is 38.8 Å². The van der Waals surface area contributed by atoms with E-state index in [0.717, 1.165) is 16.6 Å². The van der Waals surface area contributed by atoms with Gasteiger partial charge in [-0.25, -0.2) is 0 Å². The number of rotatable bonds is 3. The van der Waals surface area contributed by atoms with Crippen LogP contribution >= 0.6 is 0 Å². The van der Waals surface area contributed by atoms with E-state index < -0.39 is 18.3 Å². The third-order valence-electron chi connectivity index (χ3n) is 4.14. The van der Waals surface area contributed by atoms with E-state index in [2.05, 4.69) is 4.98 Å². The molecule has 2 heterocycles. The van der Waals surface area contributed by atoms with E-state index in [9.17, 15) is 5.11 Å². The van der Waals surface area contributed by atoms with Crippen molar-refractivity contribution in [2.45, 2.75) is 45.8 Å². The summed E-state index contributed by atoms with van der Waals surface area (Å²) in [6, 6.07) is 1.91. The fourth-order valence-corrected chi connectivity index (χ4v) is 2.03. The van der Waals surface area contributed by atoms with Crippen molar-refractivity contribution in [2.75, 3.05) is 6.61 Å². The van der Waals surface area contributed by atoms with Crippen LogP contribution < -0.4 is 0 Å². The van der Waals surface area contributed by atoms with Crippen molar-refractivity contribution in [3.8, 4) is 0 Å². The van der Waals surface area contributed by atoms with Gasteiger partial charge in [0.15, 0.2) is 0 Å². The average molecular weight is 275 g/mol. The fraction of sp³-hybridized carbons (Fsp3) is 0.533. The molecule has 20 heavy (non-hydrogen) atoms. The van der Waals surface area contributed by atoms with Crippen LogP contribution in [0, 0.1) is 6.92 Å². The molecule has 0 aromatic carbocycles. The van der Waals surface area contributed by atoms with Crippen molar-refractivity contribution in [1.82, 2.24) is 4.98 Å². The Bertz CT molecular complexity index is 510. The predicted molar refractivity (Wildman–Crippen MR) is 80.1 cm³/mol. The minimum absolute atomic E-state index is 0.0986. The highest BCUT2D eigenvalue weighted by atomic mass is 16.7. The second-order valence-corrected chi connectivity index (χ2v) is 6.20. The van der Waals surface area contributed by atoms with E-state index in [-0.39, 0.29) is 6.61 Å². The third-order valence-corrected chi connectivity index (χ3v) is 4.14.